The first-order chi connectivity index (χ1) is 6.61. The minimum absolute atomic E-state index is 0.111. The van der Waals surface area contributed by atoms with Crippen molar-refractivity contribution in [2.45, 2.75) is 13.0 Å². The second kappa shape index (κ2) is 4.61. The van der Waals surface area contributed by atoms with E-state index in [1.54, 1.807) is 28.7 Å². The van der Waals surface area contributed by atoms with Crippen molar-refractivity contribution in [3.63, 3.8) is 0 Å². The molecule has 0 aliphatic carbocycles. The number of alkyl halides is 2. The molecule has 0 aliphatic rings. The van der Waals surface area contributed by atoms with Crippen molar-refractivity contribution in [2.75, 3.05) is 0 Å². The van der Waals surface area contributed by atoms with Gasteiger partial charge in [-0.05, 0) is 22.6 Å². The van der Waals surface area contributed by atoms with Gasteiger partial charge in [-0.25, -0.2) is 8.78 Å². The predicted molar refractivity (Wildman–Crippen MR) is 52.5 cm³/mol. The van der Waals surface area contributed by atoms with E-state index in [0.29, 0.717) is 0 Å². The van der Waals surface area contributed by atoms with Crippen LogP contribution in [-0.4, -0.2) is 10.1 Å². The summed E-state index contributed by atoms with van der Waals surface area (Å²) < 4.78 is 25.0. The summed E-state index contributed by atoms with van der Waals surface area (Å²) in [7, 11) is 0. The second-order valence-corrected chi connectivity index (χ2v) is 3.50. The standard InChI is InChI=1S/C8H5F2IN2O/c9-8(10)5-2-13-6(3-14)7(11)4(5)1-12/h2,8,14H,3H2. The van der Waals surface area contributed by atoms with Crippen molar-refractivity contribution in [3.8, 4) is 6.07 Å². The maximum absolute atomic E-state index is 12.4. The normalized spacial score (nSPS) is 10.3. The molecule has 3 nitrogen and oxygen atoms in total. The topological polar surface area (TPSA) is 56.9 Å². The molecule has 0 radical (unpaired) electrons. The third kappa shape index (κ3) is 1.99. The summed E-state index contributed by atoms with van der Waals surface area (Å²) in [5.74, 6) is 0. The molecule has 6 heteroatoms. The zero-order chi connectivity index (χ0) is 10.7. The average molecular weight is 310 g/mol. The van der Waals surface area contributed by atoms with Crippen LogP contribution in [0, 0.1) is 14.9 Å². The van der Waals surface area contributed by atoms with E-state index in [2.05, 4.69) is 4.98 Å². The maximum atomic E-state index is 12.4. The summed E-state index contributed by atoms with van der Waals surface area (Å²) in [6.45, 7) is -0.365. The van der Waals surface area contributed by atoms with Crippen molar-refractivity contribution in [3.05, 3.63) is 26.6 Å². The van der Waals surface area contributed by atoms with Gasteiger partial charge in [0.15, 0.2) is 0 Å². The molecule has 1 aromatic rings. The van der Waals surface area contributed by atoms with Crippen LogP contribution in [0.15, 0.2) is 6.20 Å². The van der Waals surface area contributed by atoms with Crippen LogP contribution in [0.5, 0.6) is 0 Å². The fourth-order valence-electron chi connectivity index (χ4n) is 0.929. The van der Waals surface area contributed by atoms with Gasteiger partial charge in [-0.2, -0.15) is 5.26 Å². The highest BCUT2D eigenvalue weighted by Gasteiger charge is 2.18. The Hall–Kier alpha value is -0.810. The molecule has 0 aliphatic heterocycles. The Kier molecular flexibility index (Phi) is 3.71. The maximum Gasteiger partial charge on any atom is 0.266 e. The Morgan fingerprint density at radius 2 is 2.29 bits per heavy atom. The van der Waals surface area contributed by atoms with E-state index in [-0.39, 0.29) is 21.4 Å². The molecule has 74 valence electrons. The van der Waals surface area contributed by atoms with Crippen molar-refractivity contribution in [1.29, 1.82) is 5.26 Å². The van der Waals surface area contributed by atoms with Crippen LogP contribution >= 0.6 is 22.6 Å². The van der Waals surface area contributed by atoms with E-state index in [4.69, 9.17) is 10.4 Å². The largest absolute Gasteiger partial charge is 0.390 e. The Labute approximate surface area is 92.5 Å². The Morgan fingerprint density at radius 3 is 2.71 bits per heavy atom. The summed E-state index contributed by atoms with van der Waals surface area (Å²) in [5, 5.41) is 17.5. The Bertz CT molecular complexity index is 390. The molecule has 1 rings (SSSR count). The monoisotopic (exact) mass is 310 g/mol. The van der Waals surface area contributed by atoms with Gasteiger partial charge in [-0.3, -0.25) is 4.98 Å². The van der Waals surface area contributed by atoms with Gasteiger partial charge >= 0.3 is 0 Å². The fraction of sp³-hybridized carbons (Fsp3) is 0.250. The van der Waals surface area contributed by atoms with Gasteiger partial charge in [0, 0.05) is 6.20 Å². The Balaban J connectivity index is 3.38. The van der Waals surface area contributed by atoms with Crippen LogP contribution in [0.2, 0.25) is 0 Å². The van der Waals surface area contributed by atoms with Gasteiger partial charge in [0.05, 0.1) is 27.0 Å². The zero-order valence-corrected chi connectivity index (χ0v) is 8.99. The number of hydrogen-bond donors (Lipinski definition) is 1. The van der Waals surface area contributed by atoms with Gasteiger partial charge in [0.25, 0.3) is 6.43 Å². The van der Waals surface area contributed by atoms with Crippen molar-refractivity contribution < 1.29 is 13.9 Å². The second-order valence-electron chi connectivity index (χ2n) is 2.42. The number of hydrogen-bond acceptors (Lipinski definition) is 3. The zero-order valence-electron chi connectivity index (χ0n) is 6.84. The number of halogens is 3. The van der Waals surface area contributed by atoms with E-state index >= 15 is 0 Å². The van der Waals surface area contributed by atoms with Crippen LogP contribution < -0.4 is 0 Å². The van der Waals surface area contributed by atoms with Gasteiger partial charge in [0.2, 0.25) is 0 Å². The molecule has 0 atom stereocenters. The SMILES string of the molecule is N#Cc1c(C(F)F)cnc(CO)c1I. The van der Waals surface area contributed by atoms with E-state index < -0.39 is 12.0 Å². The number of aromatic nitrogens is 1. The van der Waals surface area contributed by atoms with Gasteiger partial charge in [0.1, 0.15) is 6.07 Å². The van der Waals surface area contributed by atoms with Gasteiger partial charge < -0.3 is 5.11 Å². The van der Waals surface area contributed by atoms with Gasteiger partial charge in [-0.1, -0.05) is 0 Å². The summed E-state index contributed by atoms with van der Waals surface area (Å²) in [6, 6.07) is 1.68. The molecule has 0 unspecified atom stereocenters. The van der Waals surface area contributed by atoms with Gasteiger partial charge in [-0.15, -0.1) is 0 Å². The molecule has 0 aromatic carbocycles. The van der Waals surface area contributed by atoms with Crippen LogP contribution in [0.4, 0.5) is 8.78 Å². The highest BCUT2D eigenvalue weighted by molar-refractivity contribution is 14.1. The van der Waals surface area contributed by atoms with Crippen LogP contribution in [0.1, 0.15) is 23.2 Å². The summed E-state index contributed by atoms with van der Waals surface area (Å²) in [4.78, 5) is 3.64. The van der Waals surface area contributed by atoms with Crippen molar-refractivity contribution >= 4 is 22.6 Å². The molecular formula is C8H5F2IN2O. The number of nitriles is 1. The third-order valence-corrected chi connectivity index (χ3v) is 2.78. The molecule has 14 heavy (non-hydrogen) atoms. The molecule has 0 amide bonds. The summed E-state index contributed by atoms with van der Waals surface area (Å²) >= 11 is 1.72. The number of aliphatic hydroxyl groups excluding tert-OH is 1. The summed E-state index contributed by atoms with van der Waals surface area (Å²) in [5.41, 5.74) is -0.264. The molecule has 0 fully saturated rings. The van der Waals surface area contributed by atoms with E-state index in [1.807, 2.05) is 0 Å². The number of pyridine rings is 1. The molecule has 0 bridgehead atoms. The highest BCUT2D eigenvalue weighted by atomic mass is 127. The van der Waals surface area contributed by atoms with E-state index in [9.17, 15) is 8.78 Å². The lowest BCUT2D eigenvalue weighted by Gasteiger charge is -2.06. The minimum Gasteiger partial charge on any atom is -0.390 e. The predicted octanol–water partition coefficient (Wildman–Crippen LogP) is 1.99. The lowest BCUT2D eigenvalue weighted by atomic mass is 10.1. The number of rotatable bonds is 2. The molecule has 1 aromatic heterocycles. The van der Waals surface area contributed by atoms with Crippen LogP contribution in [0.25, 0.3) is 0 Å². The minimum atomic E-state index is -2.72. The number of aliphatic hydroxyl groups is 1. The highest BCUT2D eigenvalue weighted by Crippen LogP contribution is 2.26. The first kappa shape index (κ1) is 11.3. The molecule has 1 N–H and O–H groups in total. The molecule has 0 saturated carbocycles. The van der Waals surface area contributed by atoms with Crippen LogP contribution in [0.3, 0.4) is 0 Å². The third-order valence-electron chi connectivity index (χ3n) is 1.62. The first-order valence-corrected chi connectivity index (χ1v) is 4.66. The lowest BCUT2D eigenvalue weighted by Crippen LogP contribution is -2.02. The smallest absolute Gasteiger partial charge is 0.266 e. The number of nitrogens with zero attached hydrogens (tertiary/aromatic N) is 2. The van der Waals surface area contributed by atoms with Crippen molar-refractivity contribution in [1.82, 2.24) is 4.98 Å². The Morgan fingerprint density at radius 1 is 1.64 bits per heavy atom. The summed E-state index contributed by atoms with van der Waals surface area (Å²) in [6.07, 6.45) is -1.80. The average Bonchev–Trinajstić information content (AvgIpc) is 2.17. The first-order valence-electron chi connectivity index (χ1n) is 3.58. The molecule has 1 heterocycles. The molecular weight excluding hydrogens is 305 g/mol. The fourth-order valence-corrected chi connectivity index (χ4v) is 1.67. The van der Waals surface area contributed by atoms with Crippen molar-refractivity contribution in [2.24, 2.45) is 0 Å². The van der Waals surface area contributed by atoms with E-state index in [1.165, 1.54) is 0 Å². The van der Waals surface area contributed by atoms with Crippen LogP contribution in [-0.2, 0) is 6.61 Å². The quantitative estimate of drug-likeness (QED) is 0.850. The lowest BCUT2D eigenvalue weighted by molar-refractivity contribution is 0.150. The molecule has 0 spiro atoms. The molecule has 0 saturated heterocycles. The van der Waals surface area contributed by atoms with E-state index in [0.717, 1.165) is 6.20 Å².